The van der Waals surface area contributed by atoms with Crippen molar-refractivity contribution in [1.29, 1.82) is 0 Å². The van der Waals surface area contributed by atoms with Crippen LogP contribution in [0.4, 0.5) is 0 Å². The predicted octanol–water partition coefficient (Wildman–Crippen LogP) is 0.836. The summed E-state index contributed by atoms with van der Waals surface area (Å²) in [5.74, 6) is 0.642. The minimum Gasteiger partial charge on any atom is -0.366 e. The zero-order chi connectivity index (χ0) is 6.41. The number of hydrogen-bond donors (Lipinski definition) is 1. The Morgan fingerprint density at radius 3 is 2.50 bits per heavy atom. The van der Waals surface area contributed by atoms with Crippen molar-refractivity contribution in [2.24, 2.45) is 5.92 Å². The maximum atomic E-state index is 5.13. The van der Waals surface area contributed by atoms with Crippen LogP contribution in [-0.4, -0.2) is 20.4 Å². The molecule has 1 N–H and O–H groups in total. The molecule has 0 aromatic heterocycles. The van der Waals surface area contributed by atoms with Gasteiger partial charge in [0, 0.05) is 0 Å². The molecule has 2 nitrogen and oxygen atoms in total. The second-order valence-electron chi connectivity index (χ2n) is 2.26. The van der Waals surface area contributed by atoms with Crippen molar-refractivity contribution < 1.29 is 4.74 Å². The fraction of sp³-hybridized carbons (Fsp3) is 1.00. The summed E-state index contributed by atoms with van der Waals surface area (Å²) in [5, 5.41) is 2.90. The Morgan fingerprint density at radius 1 is 1.50 bits per heavy atom. The highest BCUT2D eigenvalue weighted by molar-refractivity contribution is 4.37. The van der Waals surface area contributed by atoms with E-state index < -0.39 is 0 Å². The van der Waals surface area contributed by atoms with E-state index in [0.717, 1.165) is 6.61 Å². The van der Waals surface area contributed by atoms with Gasteiger partial charge < -0.3 is 4.74 Å². The van der Waals surface area contributed by atoms with Gasteiger partial charge in [0.15, 0.2) is 0 Å². The van der Waals surface area contributed by atoms with Gasteiger partial charge in [-0.1, -0.05) is 13.8 Å². The first-order valence-electron chi connectivity index (χ1n) is 2.99. The van der Waals surface area contributed by atoms with Crippen molar-refractivity contribution in [1.82, 2.24) is 5.32 Å². The van der Waals surface area contributed by atoms with Crippen LogP contribution < -0.4 is 5.32 Å². The smallest absolute Gasteiger partial charge is 0.0962 e. The standard InChI is InChI=1S/C6H15NO/c1-6(2)4-8-5-7-3/h6-7H,4-5H2,1-3H3. The van der Waals surface area contributed by atoms with E-state index in [1.54, 1.807) is 0 Å². The predicted molar refractivity (Wildman–Crippen MR) is 34.7 cm³/mol. The average molecular weight is 117 g/mol. The average Bonchev–Trinajstić information content (AvgIpc) is 1.66. The third-order valence-corrected chi connectivity index (χ3v) is 0.698. The van der Waals surface area contributed by atoms with Crippen molar-refractivity contribution in [2.45, 2.75) is 13.8 Å². The van der Waals surface area contributed by atoms with Crippen LogP contribution in [0, 0.1) is 5.92 Å². The Kier molecular flexibility index (Phi) is 5.01. The van der Waals surface area contributed by atoms with Gasteiger partial charge in [0.1, 0.15) is 0 Å². The van der Waals surface area contributed by atoms with Gasteiger partial charge in [-0.3, -0.25) is 5.32 Å². The highest BCUT2D eigenvalue weighted by Gasteiger charge is 1.89. The van der Waals surface area contributed by atoms with Crippen LogP contribution in [0.1, 0.15) is 13.8 Å². The molecule has 0 unspecified atom stereocenters. The second kappa shape index (κ2) is 5.06. The van der Waals surface area contributed by atoms with Crippen molar-refractivity contribution in [3.63, 3.8) is 0 Å². The number of rotatable bonds is 4. The van der Waals surface area contributed by atoms with Gasteiger partial charge in [-0.25, -0.2) is 0 Å². The topological polar surface area (TPSA) is 21.3 Å². The zero-order valence-electron chi connectivity index (χ0n) is 5.90. The molecule has 8 heavy (non-hydrogen) atoms. The fourth-order valence-electron chi connectivity index (χ4n) is 0.397. The molecule has 0 saturated heterocycles. The molecule has 0 aromatic rings. The van der Waals surface area contributed by atoms with Crippen LogP contribution >= 0.6 is 0 Å². The maximum Gasteiger partial charge on any atom is 0.0962 e. The van der Waals surface area contributed by atoms with Crippen LogP contribution in [-0.2, 0) is 4.74 Å². The molecule has 0 aliphatic carbocycles. The van der Waals surface area contributed by atoms with E-state index in [9.17, 15) is 0 Å². The monoisotopic (exact) mass is 117 g/mol. The van der Waals surface area contributed by atoms with Crippen LogP contribution in [0.3, 0.4) is 0 Å². The molecule has 0 amide bonds. The van der Waals surface area contributed by atoms with Gasteiger partial charge in [-0.15, -0.1) is 0 Å². The second-order valence-corrected chi connectivity index (χ2v) is 2.26. The maximum absolute atomic E-state index is 5.13. The fourth-order valence-corrected chi connectivity index (χ4v) is 0.397. The molecule has 0 aliphatic rings. The first kappa shape index (κ1) is 7.92. The first-order valence-corrected chi connectivity index (χ1v) is 2.99. The van der Waals surface area contributed by atoms with Crippen molar-refractivity contribution in [2.75, 3.05) is 20.4 Å². The van der Waals surface area contributed by atoms with E-state index in [1.807, 2.05) is 7.05 Å². The van der Waals surface area contributed by atoms with Crippen LogP contribution in [0.15, 0.2) is 0 Å². The molecule has 0 spiro atoms. The Bertz CT molecular complexity index is 45.8. The van der Waals surface area contributed by atoms with Crippen LogP contribution in [0.5, 0.6) is 0 Å². The van der Waals surface area contributed by atoms with Gasteiger partial charge in [-0.05, 0) is 13.0 Å². The summed E-state index contributed by atoms with van der Waals surface area (Å²) in [4.78, 5) is 0. The van der Waals surface area contributed by atoms with Gasteiger partial charge in [-0.2, -0.15) is 0 Å². The lowest BCUT2D eigenvalue weighted by Gasteiger charge is -2.04. The quantitative estimate of drug-likeness (QED) is 0.435. The van der Waals surface area contributed by atoms with E-state index >= 15 is 0 Å². The first-order chi connectivity index (χ1) is 3.77. The van der Waals surface area contributed by atoms with Crippen molar-refractivity contribution in [3.05, 3.63) is 0 Å². The van der Waals surface area contributed by atoms with E-state index in [2.05, 4.69) is 19.2 Å². The van der Waals surface area contributed by atoms with Gasteiger partial charge >= 0.3 is 0 Å². The van der Waals surface area contributed by atoms with Crippen LogP contribution in [0.2, 0.25) is 0 Å². The van der Waals surface area contributed by atoms with Crippen LogP contribution in [0.25, 0.3) is 0 Å². The van der Waals surface area contributed by atoms with Crippen molar-refractivity contribution >= 4 is 0 Å². The lowest BCUT2D eigenvalue weighted by molar-refractivity contribution is 0.0989. The molecule has 0 saturated carbocycles. The molecule has 0 atom stereocenters. The number of ether oxygens (including phenoxy) is 1. The molecule has 2 heteroatoms. The van der Waals surface area contributed by atoms with E-state index in [-0.39, 0.29) is 0 Å². The van der Waals surface area contributed by atoms with Crippen molar-refractivity contribution in [3.8, 4) is 0 Å². The molecule has 0 aromatic carbocycles. The molecule has 0 rings (SSSR count). The highest BCUT2D eigenvalue weighted by atomic mass is 16.5. The van der Waals surface area contributed by atoms with E-state index in [0.29, 0.717) is 12.6 Å². The van der Waals surface area contributed by atoms with E-state index in [1.165, 1.54) is 0 Å². The Balaban J connectivity index is 2.72. The summed E-state index contributed by atoms with van der Waals surface area (Å²) in [5.41, 5.74) is 0. The summed E-state index contributed by atoms with van der Waals surface area (Å²) in [6.07, 6.45) is 0. The third kappa shape index (κ3) is 5.92. The summed E-state index contributed by atoms with van der Waals surface area (Å²) in [7, 11) is 1.88. The lowest BCUT2D eigenvalue weighted by Crippen LogP contribution is -2.14. The highest BCUT2D eigenvalue weighted by Crippen LogP contribution is 1.89. The van der Waals surface area contributed by atoms with Gasteiger partial charge in [0.2, 0.25) is 0 Å². The molecule has 0 heterocycles. The normalized spacial score (nSPS) is 10.5. The lowest BCUT2D eigenvalue weighted by atomic mass is 10.2. The largest absolute Gasteiger partial charge is 0.366 e. The van der Waals surface area contributed by atoms with Gasteiger partial charge in [0.25, 0.3) is 0 Å². The Hall–Kier alpha value is -0.0800. The molecular weight excluding hydrogens is 102 g/mol. The molecular formula is C6H15NO. The van der Waals surface area contributed by atoms with E-state index in [4.69, 9.17) is 4.74 Å². The van der Waals surface area contributed by atoms with Gasteiger partial charge in [0.05, 0.1) is 13.3 Å². The minimum absolute atomic E-state index is 0.642. The Morgan fingerprint density at radius 2 is 2.12 bits per heavy atom. The SMILES string of the molecule is CNCOCC(C)C. The molecule has 0 radical (unpaired) electrons. The summed E-state index contributed by atoms with van der Waals surface area (Å²) >= 11 is 0. The minimum atomic E-state index is 0.642. The summed E-state index contributed by atoms with van der Waals surface area (Å²) < 4.78 is 5.13. The molecule has 0 bridgehead atoms. The molecule has 50 valence electrons. The number of hydrogen-bond acceptors (Lipinski definition) is 2. The molecule has 0 aliphatic heterocycles. The molecule has 0 fully saturated rings. The zero-order valence-corrected chi connectivity index (χ0v) is 5.90. The summed E-state index contributed by atoms with van der Waals surface area (Å²) in [6.45, 7) is 5.78. The summed E-state index contributed by atoms with van der Waals surface area (Å²) in [6, 6.07) is 0. The third-order valence-electron chi connectivity index (χ3n) is 0.698. The number of nitrogens with one attached hydrogen (secondary N) is 1. The Labute approximate surface area is 51.2 Å².